The highest BCUT2D eigenvalue weighted by molar-refractivity contribution is 8.01. The average Bonchev–Trinajstić information content (AvgIpc) is 1.63. The van der Waals surface area contributed by atoms with Gasteiger partial charge in [-0.05, 0) is 6.92 Å². The van der Waals surface area contributed by atoms with Crippen molar-refractivity contribution in [2.75, 3.05) is 5.08 Å². The highest BCUT2D eigenvalue weighted by Crippen LogP contribution is 1.96. The molecule has 2 N–H and O–H groups in total. The molecule has 0 bridgehead atoms. The van der Waals surface area contributed by atoms with Gasteiger partial charge in [0.1, 0.15) is 11.3 Å². The zero-order valence-corrected chi connectivity index (χ0v) is 6.65. The fourth-order valence-corrected chi connectivity index (χ4v) is 0.968. The molecular weight excluding hydrogens is 162 g/mol. The molecule has 1 unspecified atom stereocenters. The third-order valence-corrected chi connectivity index (χ3v) is 2.32. The van der Waals surface area contributed by atoms with E-state index < -0.39 is 16.3 Å². The minimum absolute atomic E-state index is 0.339. The summed E-state index contributed by atoms with van der Waals surface area (Å²) in [7, 11) is -3.48. The Kier molecular flexibility index (Phi) is 3.49. The predicted octanol–water partition coefficient (Wildman–Crippen LogP) is -0.475. The van der Waals surface area contributed by atoms with Crippen molar-refractivity contribution in [2.24, 2.45) is 5.73 Å². The normalized spacial score (nSPS) is 15.4. The molecule has 0 radical (unpaired) electrons. The summed E-state index contributed by atoms with van der Waals surface area (Å²) in [5.74, 6) is 0. The maximum Gasteiger partial charge on any atom is 0.278 e. The summed E-state index contributed by atoms with van der Waals surface area (Å²) in [6.07, 6.45) is -0.790. The number of hydrogen-bond donors (Lipinski definition) is 2. The highest BCUT2D eigenvalue weighted by Gasteiger charge is 2.09. The molecule has 0 aromatic rings. The van der Waals surface area contributed by atoms with Gasteiger partial charge in [-0.25, -0.2) is 0 Å². The SMILES string of the molecule is CC(N)OS(=O)(=O)CS. The monoisotopic (exact) mass is 171 g/mol. The number of nitrogens with two attached hydrogens (primary N) is 1. The van der Waals surface area contributed by atoms with Crippen molar-refractivity contribution in [1.29, 1.82) is 0 Å². The Labute approximate surface area is 59.9 Å². The Balaban J connectivity index is 3.90. The second-order valence-electron chi connectivity index (χ2n) is 1.49. The molecule has 0 aromatic carbocycles. The quantitative estimate of drug-likeness (QED) is 0.342. The lowest BCUT2D eigenvalue weighted by atomic mass is 10.7. The van der Waals surface area contributed by atoms with E-state index in [4.69, 9.17) is 5.73 Å². The largest absolute Gasteiger partial charge is 0.305 e. The summed E-state index contributed by atoms with van der Waals surface area (Å²) in [6.45, 7) is 1.43. The maximum atomic E-state index is 10.4. The first-order valence-corrected chi connectivity index (χ1v) is 4.46. The van der Waals surface area contributed by atoms with Gasteiger partial charge < -0.3 is 5.73 Å². The summed E-state index contributed by atoms with van der Waals surface area (Å²) >= 11 is 3.51. The summed E-state index contributed by atoms with van der Waals surface area (Å²) in [4.78, 5) is 0. The molecule has 0 heterocycles. The van der Waals surface area contributed by atoms with Crippen LogP contribution in [-0.4, -0.2) is 19.7 Å². The Morgan fingerprint density at radius 2 is 2.22 bits per heavy atom. The fourth-order valence-electron chi connectivity index (χ4n) is 0.262. The van der Waals surface area contributed by atoms with Crippen LogP contribution in [0.3, 0.4) is 0 Å². The second kappa shape index (κ2) is 3.40. The standard InChI is InChI=1S/C3H9NO3S2/c1-3(4)7-9(5,6)2-8/h3,8H,2,4H2,1H3. The van der Waals surface area contributed by atoms with Crippen LogP contribution in [0.15, 0.2) is 0 Å². The Bertz CT molecular complexity index is 162. The summed E-state index contributed by atoms with van der Waals surface area (Å²) in [5, 5.41) is -0.339. The predicted molar refractivity (Wildman–Crippen MR) is 37.5 cm³/mol. The van der Waals surface area contributed by atoms with Crippen LogP contribution in [0, 0.1) is 0 Å². The van der Waals surface area contributed by atoms with Crippen LogP contribution in [0.25, 0.3) is 0 Å². The van der Waals surface area contributed by atoms with E-state index in [1.165, 1.54) is 6.92 Å². The number of thiol groups is 1. The topological polar surface area (TPSA) is 69.4 Å². The first-order chi connectivity index (χ1) is 3.98. The summed E-state index contributed by atoms with van der Waals surface area (Å²) < 4.78 is 25.1. The molecule has 1 atom stereocenters. The van der Waals surface area contributed by atoms with E-state index in [9.17, 15) is 8.42 Å². The van der Waals surface area contributed by atoms with Crippen molar-refractivity contribution in [3.8, 4) is 0 Å². The van der Waals surface area contributed by atoms with Crippen LogP contribution < -0.4 is 5.73 Å². The van der Waals surface area contributed by atoms with E-state index in [1.54, 1.807) is 0 Å². The van der Waals surface area contributed by atoms with Crippen molar-refractivity contribution in [1.82, 2.24) is 0 Å². The number of rotatable bonds is 3. The van der Waals surface area contributed by atoms with Gasteiger partial charge in [-0.15, -0.1) is 0 Å². The van der Waals surface area contributed by atoms with Crippen LogP contribution in [0.1, 0.15) is 6.92 Å². The van der Waals surface area contributed by atoms with E-state index >= 15 is 0 Å². The molecule has 0 saturated carbocycles. The molecule has 0 aliphatic carbocycles. The lowest BCUT2D eigenvalue weighted by molar-refractivity contribution is 0.239. The van der Waals surface area contributed by atoms with Gasteiger partial charge in [-0.2, -0.15) is 21.0 Å². The third kappa shape index (κ3) is 4.71. The first-order valence-electron chi connectivity index (χ1n) is 2.25. The van der Waals surface area contributed by atoms with E-state index in [-0.39, 0.29) is 5.08 Å². The molecule has 9 heavy (non-hydrogen) atoms. The molecule has 0 fully saturated rings. The van der Waals surface area contributed by atoms with Gasteiger partial charge in [0, 0.05) is 0 Å². The van der Waals surface area contributed by atoms with Crippen LogP contribution in [-0.2, 0) is 14.3 Å². The minimum Gasteiger partial charge on any atom is -0.305 e. The molecule has 0 spiro atoms. The smallest absolute Gasteiger partial charge is 0.278 e. The Hall–Kier alpha value is 0.220. The summed E-state index contributed by atoms with van der Waals surface area (Å²) in [5.41, 5.74) is 5.02. The van der Waals surface area contributed by atoms with Crippen molar-refractivity contribution in [3.05, 3.63) is 0 Å². The molecule has 0 saturated heterocycles. The van der Waals surface area contributed by atoms with Gasteiger partial charge in [0.25, 0.3) is 10.1 Å². The lowest BCUT2D eigenvalue weighted by Gasteiger charge is -2.04. The first kappa shape index (κ1) is 9.22. The zero-order valence-electron chi connectivity index (χ0n) is 4.94. The second-order valence-corrected chi connectivity index (χ2v) is 3.83. The fraction of sp³-hybridized carbons (Fsp3) is 1.00. The lowest BCUT2D eigenvalue weighted by Crippen LogP contribution is -2.23. The van der Waals surface area contributed by atoms with E-state index in [0.717, 1.165) is 0 Å². The van der Waals surface area contributed by atoms with E-state index in [1.807, 2.05) is 0 Å². The summed E-state index contributed by atoms with van der Waals surface area (Å²) in [6, 6.07) is 0. The van der Waals surface area contributed by atoms with Crippen LogP contribution in [0.5, 0.6) is 0 Å². The average molecular weight is 171 g/mol. The molecule has 0 amide bonds. The van der Waals surface area contributed by atoms with Crippen molar-refractivity contribution >= 4 is 22.7 Å². The van der Waals surface area contributed by atoms with Gasteiger partial charge in [-0.1, -0.05) is 0 Å². The molecular formula is C3H9NO3S2. The molecule has 4 nitrogen and oxygen atoms in total. The van der Waals surface area contributed by atoms with Gasteiger partial charge >= 0.3 is 0 Å². The van der Waals surface area contributed by atoms with E-state index in [2.05, 4.69) is 16.8 Å². The van der Waals surface area contributed by atoms with Crippen molar-refractivity contribution in [2.45, 2.75) is 13.2 Å². The molecule has 56 valence electrons. The van der Waals surface area contributed by atoms with Crippen LogP contribution in [0.4, 0.5) is 0 Å². The molecule has 0 rings (SSSR count). The Morgan fingerprint density at radius 1 is 1.78 bits per heavy atom. The van der Waals surface area contributed by atoms with Crippen LogP contribution in [0.2, 0.25) is 0 Å². The number of hydrogen-bond acceptors (Lipinski definition) is 5. The molecule has 0 aromatic heterocycles. The van der Waals surface area contributed by atoms with Gasteiger partial charge in [0.2, 0.25) is 0 Å². The van der Waals surface area contributed by atoms with E-state index in [0.29, 0.717) is 0 Å². The van der Waals surface area contributed by atoms with Gasteiger partial charge in [-0.3, -0.25) is 4.18 Å². The van der Waals surface area contributed by atoms with Gasteiger partial charge in [0.05, 0.1) is 0 Å². The van der Waals surface area contributed by atoms with Crippen molar-refractivity contribution in [3.63, 3.8) is 0 Å². The zero-order chi connectivity index (χ0) is 7.49. The molecule has 6 heteroatoms. The third-order valence-electron chi connectivity index (χ3n) is 0.457. The molecule has 0 aliphatic heterocycles. The Morgan fingerprint density at radius 3 is 2.33 bits per heavy atom. The minimum atomic E-state index is -3.48. The van der Waals surface area contributed by atoms with Crippen LogP contribution >= 0.6 is 12.6 Å². The maximum absolute atomic E-state index is 10.4. The van der Waals surface area contributed by atoms with Crippen molar-refractivity contribution < 1.29 is 12.6 Å². The molecule has 0 aliphatic rings. The van der Waals surface area contributed by atoms with Gasteiger partial charge in [0.15, 0.2) is 0 Å². The highest BCUT2D eigenvalue weighted by atomic mass is 32.3.